The normalized spacial score (nSPS) is 14.7. The summed E-state index contributed by atoms with van der Waals surface area (Å²) in [5, 5.41) is 8.53. The lowest BCUT2D eigenvalue weighted by molar-refractivity contribution is 0.0675. The predicted octanol–water partition coefficient (Wildman–Crippen LogP) is 0.564. The molecular formula is C6H13F2NO. The molecule has 0 aliphatic heterocycles. The molecule has 0 heterocycles. The predicted molar refractivity (Wildman–Crippen MR) is 35.2 cm³/mol. The molecule has 1 atom stereocenters. The fraction of sp³-hybridized carbons (Fsp3) is 1.00. The van der Waals surface area contributed by atoms with Gasteiger partial charge in [0.15, 0.2) is 0 Å². The maximum absolute atomic E-state index is 11.7. The molecule has 0 saturated carbocycles. The molecule has 0 aromatic heterocycles. The molecule has 0 aromatic carbocycles. The summed E-state index contributed by atoms with van der Waals surface area (Å²) in [5.41, 5.74) is 0. The fourth-order valence-electron chi connectivity index (χ4n) is 0.537. The molecule has 0 radical (unpaired) electrons. The number of aliphatic hydroxyl groups is 1. The minimum atomic E-state index is -2.32. The van der Waals surface area contributed by atoms with Crippen molar-refractivity contribution in [1.29, 1.82) is 0 Å². The van der Waals surface area contributed by atoms with Gasteiger partial charge in [0, 0.05) is 6.04 Å². The summed E-state index contributed by atoms with van der Waals surface area (Å²) in [6.07, 6.45) is -2.32. The van der Waals surface area contributed by atoms with E-state index in [0.29, 0.717) is 0 Å². The molecular weight excluding hydrogens is 140 g/mol. The third kappa shape index (κ3) is 3.74. The average Bonchev–Trinajstić information content (AvgIpc) is 1.85. The van der Waals surface area contributed by atoms with E-state index in [2.05, 4.69) is 0 Å². The van der Waals surface area contributed by atoms with Gasteiger partial charge in [-0.25, -0.2) is 8.78 Å². The van der Waals surface area contributed by atoms with Gasteiger partial charge in [-0.3, -0.25) is 4.90 Å². The van der Waals surface area contributed by atoms with Crippen LogP contribution in [0.3, 0.4) is 0 Å². The number of alkyl halides is 2. The lowest BCUT2D eigenvalue weighted by atomic mass is 10.3. The molecule has 0 bridgehead atoms. The average molecular weight is 153 g/mol. The minimum Gasteiger partial charge on any atom is -0.395 e. The highest BCUT2D eigenvalue weighted by Gasteiger charge is 2.12. The van der Waals surface area contributed by atoms with Crippen LogP contribution in [0.5, 0.6) is 0 Å². The molecule has 2 nitrogen and oxygen atoms in total. The highest BCUT2D eigenvalue weighted by atomic mass is 19.3. The van der Waals surface area contributed by atoms with Crippen molar-refractivity contribution >= 4 is 0 Å². The standard InChI is InChI=1S/C6H13F2NO/c1-5(4-10)9(2)3-6(7)8/h5-6,10H,3-4H2,1-2H3. The third-order valence-electron chi connectivity index (χ3n) is 1.44. The van der Waals surface area contributed by atoms with Crippen molar-refractivity contribution in [3.63, 3.8) is 0 Å². The minimum absolute atomic E-state index is 0.0801. The lowest BCUT2D eigenvalue weighted by Gasteiger charge is -2.21. The van der Waals surface area contributed by atoms with Crippen LogP contribution in [0.15, 0.2) is 0 Å². The van der Waals surface area contributed by atoms with Gasteiger partial charge >= 0.3 is 0 Å². The van der Waals surface area contributed by atoms with Crippen LogP contribution in [-0.2, 0) is 0 Å². The molecule has 0 aliphatic carbocycles. The van der Waals surface area contributed by atoms with E-state index in [0.717, 1.165) is 0 Å². The Kier molecular flexibility index (Phi) is 4.47. The first-order chi connectivity index (χ1) is 4.57. The van der Waals surface area contributed by atoms with E-state index in [1.165, 1.54) is 4.90 Å². The number of aliphatic hydroxyl groups excluding tert-OH is 1. The highest BCUT2D eigenvalue weighted by molar-refractivity contribution is 4.61. The van der Waals surface area contributed by atoms with Crippen molar-refractivity contribution in [2.75, 3.05) is 20.2 Å². The van der Waals surface area contributed by atoms with Gasteiger partial charge in [-0.15, -0.1) is 0 Å². The van der Waals surface area contributed by atoms with Crippen molar-refractivity contribution in [3.8, 4) is 0 Å². The third-order valence-corrected chi connectivity index (χ3v) is 1.44. The molecule has 1 N–H and O–H groups in total. The van der Waals surface area contributed by atoms with E-state index < -0.39 is 6.43 Å². The summed E-state index contributed by atoms with van der Waals surface area (Å²) in [6.45, 7) is 1.34. The smallest absolute Gasteiger partial charge is 0.251 e. The molecule has 0 rings (SSSR count). The van der Waals surface area contributed by atoms with Gasteiger partial charge in [-0.05, 0) is 14.0 Å². The molecule has 0 fully saturated rings. The van der Waals surface area contributed by atoms with Crippen LogP contribution in [0.25, 0.3) is 0 Å². The second kappa shape index (κ2) is 4.57. The van der Waals surface area contributed by atoms with Gasteiger partial charge in [0.1, 0.15) is 0 Å². The molecule has 62 valence electrons. The van der Waals surface area contributed by atoms with Gasteiger partial charge < -0.3 is 5.11 Å². The summed E-state index contributed by atoms with van der Waals surface area (Å²) in [7, 11) is 1.56. The second-order valence-corrected chi connectivity index (χ2v) is 2.36. The monoisotopic (exact) mass is 153 g/mol. The van der Waals surface area contributed by atoms with Crippen LogP contribution < -0.4 is 0 Å². The summed E-state index contributed by atoms with van der Waals surface area (Å²) in [4.78, 5) is 1.42. The van der Waals surface area contributed by atoms with Gasteiger partial charge in [0.25, 0.3) is 6.43 Å². The molecule has 4 heteroatoms. The van der Waals surface area contributed by atoms with E-state index in [-0.39, 0.29) is 19.2 Å². The lowest BCUT2D eigenvalue weighted by Crippen LogP contribution is -2.35. The van der Waals surface area contributed by atoms with Crippen LogP contribution in [-0.4, -0.2) is 42.7 Å². The number of rotatable bonds is 4. The second-order valence-electron chi connectivity index (χ2n) is 2.36. The van der Waals surface area contributed by atoms with E-state index in [1.807, 2.05) is 0 Å². The molecule has 0 spiro atoms. The molecule has 0 amide bonds. The van der Waals surface area contributed by atoms with E-state index >= 15 is 0 Å². The van der Waals surface area contributed by atoms with Crippen LogP contribution >= 0.6 is 0 Å². The number of likely N-dealkylation sites (N-methyl/N-ethyl adjacent to an activating group) is 1. The van der Waals surface area contributed by atoms with Crippen molar-refractivity contribution < 1.29 is 13.9 Å². The zero-order valence-corrected chi connectivity index (χ0v) is 6.22. The Labute approximate surface area is 59.4 Å². The van der Waals surface area contributed by atoms with Crippen LogP contribution in [0.2, 0.25) is 0 Å². The topological polar surface area (TPSA) is 23.5 Å². The largest absolute Gasteiger partial charge is 0.395 e. The van der Waals surface area contributed by atoms with Gasteiger partial charge in [0.2, 0.25) is 0 Å². The number of hydrogen-bond acceptors (Lipinski definition) is 2. The first-order valence-electron chi connectivity index (χ1n) is 3.17. The quantitative estimate of drug-likeness (QED) is 0.638. The molecule has 0 aromatic rings. The molecule has 10 heavy (non-hydrogen) atoms. The van der Waals surface area contributed by atoms with Crippen molar-refractivity contribution in [2.45, 2.75) is 19.4 Å². The first-order valence-corrected chi connectivity index (χ1v) is 3.17. The zero-order valence-electron chi connectivity index (χ0n) is 6.22. The molecule has 0 saturated heterocycles. The SMILES string of the molecule is CC(CO)N(C)CC(F)F. The number of hydrogen-bond donors (Lipinski definition) is 1. The maximum Gasteiger partial charge on any atom is 0.251 e. The maximum atomic E-state index is 11.7. The first kappa shape index (κ1) is 9.78. The summed E-state index contributed by atoms with van der Waals surface area (Å²) in [6, 6.07) is -0.186. The van der Waals surface area contributed by atoms with E-state index in [4.69, 9.17) is 5.11 Å². The Balaban J connectivity index is 3.50. The molecule has 1 unspecified atom stereocenters. The summed E-state index contributed by atoms with van der Waals surface area (Å²) >= 11 is 0. The number of nitrogens with zero attached hydrogens (tertiary/aromatic N) is 1. The van der Waals surface area contributed by atoms with Gasteiger partial charge in [-0.2, -0.15) is 0 Å². The van der Waals surface area contributed by atoms with Gasteiger partial charge in [0.05, 0.1) is 13.2 Å². The zero-order chi connectivity index (χ0) is 8.15. The van der Waals surface area contributed by atoms with Crippen molar-refractivity contribution in [1.82, 2.24) is 4.90 Å². The van der Waals surface area contributed by atoms with Crippen molar-refractivity contribution in [2.24, 2.45) is 0 Å². The highest BCUT2D eigenvalue weighted by Crippen LogP contribution is 1.99. The van der Waals surface area contributed by atoms with Crippen LogP contribution in [0.4, 0.5) is 8.78 Å². The Morgan fingerprint density at radius 1 is 1.50 bits per heavy atom. The molecule has 0 aliphatic rings. The Morgan fingerprint density at radius 3 is 2.30 bits per heavy atom. The van der Waals surface area contributed by atoms with E-state index in [9.17, 15) is 8.78 Å². The summed E-state index contributed by atoms with van der Waals surface area (Å²) in [5.74, 6) is 0. The Bertz CT molecular complexity index is 89.8. The Morgan fingerprint density at radius 2 is 2.00 bits per heavy atom. The summed E-state index contributed by atoms with van der Waals surface area (Å²) < 4.78 is 23.3. The van der Waals surface area contributed by atoms with Crippen LogP contribution in [0, 0.1) is 0 Å². The van der Waals surface area contributed by atoms with Crippen molar-refractivity contribution in [3.05, 3.63) is 0 Å². The Hall–Kier alpha value is -0.220. The van der Waals surface area contributed by atoms with Gasteiger partial charge in [-0.1, -0.05) is 0 Å². The number of halogens is 2. The van der Waals surface area contributed by atoms with Crippen LogP contribution in [0.1, 0.15) is 6.92 Å². The van der Waals surface area contributed by atoms with E-state index in [1.54, 1.807) is 14.0 Å². The fourth-order valence-corrected chi connectivity index (χ4v) is 0.537.